The standard InChI is InChI=1S/C19H19NO5/c1-9-8-12-16(17(21)13(9)18(22)23)15(11-6-4-3-5-7-11)14(19(24)25)10(2)20-12/h3-7,9,13-15H,8H2,1-2H3,(H,22,23)(H,24,25). The van der Waals surface area contributed by atoms with Gasteiger partial charge < -0.3 is 10.2 Å². The van der Waals surface area contributed by atoms with Crippen molar-refractivity contribution in [1.82, 2.24) is 0 Å². The molecule has 4 unspecified atom stereocenters. The van der Waals surface area contributed by atoms with Gasteiger partial charge in [0.2, 0.25) is 0 Å². The second-order valence-electron chi connectivity index (χ2n) is 6.68. The van der Waals surface area contributed by atoms with Crippen LogP contribution in [0.3, 0.4) is 0 Å². The first-order chi connectivity index (χ1) is 11.8. The zero-order chi connectivity index (χ0) is 18.3. The largest absolute Gasteiger partial charge is 0.481 e. The Bertz CT molecular complexity index is 808. The van der Waals surface area contributed by atoms with Crippen LogP contribution in [0.2, 0.25) is 0 Å². The molecule has 1 aliphatic carbocycles. The highest BCUT2D eigenvalue weighted by atomic mass is 16.4. The van der Waals surface area contributed by atoms with Crippen LogP contribution in [-0.4, -0.2) is 33.6 Å². The number of carboxylic acid groups (broad SMARTS) is 2. The molecule has 0 saturated heterocycles. The molecule has 25 heavy (non-hydrogen) atoms. The van der Waals surface area contributed by atoms with E-state index in [0.29, 0.717) is 23.4 Å². The van der Waals surface area contributed by atoms with Gasteiger partial charge in [0.05, 0.1) is 0 Å². The summed E-state index contributed by atoms with van der Waals surface area (Å²) in [6.45, 7) is 3.36. The molecule has 2 aliphatic rings. The highest BCUT2D eigenvalue weighted by molar-refractivity contribution is 6.13. The van der Waals surface area contributed by atoms with Gasteiger partial charge in [-0.25, -0.2) is 0 Å². The summed E-state index contributed by atoms with van der Waals surface area (Å²) in [6, 6.07) is 8.90. The maximum Gasteiger partial charge on any atom is 0.314 e. The molecule has 0 amide bonds. The minimum Gasteiger partial charge on any atom is -0.481 e. The summed E-state index contributed by atoms with van der Waals surface area (Å²) >= 11 is 0. The molecule has 0 saturated carbocycles. The predicted molar refractivity (Wildman–Crippen MR) is 90.4 cm³/mol. The van der Waals surface area contributed by atoms with E-state index in [9.17, 15) is 24.6 Å². The van der Waals surface area contributed by atoms with Crippen LogP contribution in [0, 0.1) is 17.8 Å². The number of ketones is 1. The second kappa shape index (κ2) is 6.27. The molecule has 0 spiro atoms. The molecule has 6 heteroatoms. The average Bonchev–Trinajstić information content (AvgIpc) is 2.53. The third-order valence-electron chi connectivity index (χ3n) is 5.04. The quantitative estimate of drug-likeness (QED) is 0.822. The Morgan fingerprint density at radius 2 is 1.68 bits per heavy atom. The van der Waals surface area contributed by atoms with Crippen LogP contribution in [0.4, 0.5) is 0 Å². The minimum atomic E-state index is -1.17. The Kier molecular flexibility index (Phi) is 4.29. The highest BCUT2D eigenvalue weighted by Crippen LogP contribution is 2.45. The van der Waals surface area contributed by atoms with Gasteiger partial charge in [0.1, 0.15) is 11.8 Å². The monoisotopic (exact) mass is 341 g/mol. The van der Waals surface area contributed by atoms with E-state index in [4.69, 9.17) is 0 Å². The molecule has 0 radical (unpaired) electrons. The molecular weight excluding hydrogens is 322 g/mol. The zero-order valence-corrected chi connectivity index (χ0v) is 14.0. The maximum absolute atomic E-state index is 13.0. The predicted octanol–water partition coefficient (Wildman–Crippen LogP) is 2.51. The number of hydrogen-bond donors (Lipinski definition) is 2. The Hall–Kier alpha value is -2.76. The number of rotatable bonds is 3. The molecule has 6 nitrogen and oxygen atoms in total. The first-order valence-electron chi connectivity index (χ1n) is 8.16. The molecule has 1 aromatic carbocycles. The summed E-state index contributed by atoms with van der Waals surface area (Å²) in [5, 5.41) is 19.2. The number of carboxylic acids is 2. The second-order valence-corrected chi connectivity index (χ2v) is 6.68. The number of benzene rings is 1. The van der Waals surface area contributed by atoms with E-state index in [1.54, 1.807) is 38.1 Å². The third-order valence-corrected chi connectivity index (χ3v) is 5.04. The van der Waals surface area contributed by atoms with Crippen LogP contribution in [0.15, 0.2) is 46.6 Å². The van der Waals surface area contributed by atoms with Gasteiger partial charge in [0.25, 0.3) is 0 Å². The molecule has 0 aromatic heterocycles. The van der Waals surface area contributed by atoms with Gasteiger partial charge in [-0.15, -0.1) is 0 Å². The number of hydrogen-bond acceptors (Lipinski definition) is 4. The Balaban J connectivity index is 2.21. The van der Waals surface area contributed by atoms with Crippen molar-refractivity contribution in [2.24, 2.45) is 22.7 Å². The first kappa shape index (κ1) is 17.1. The lowest BCUT2D eigenvalue weighted by Gasteiger charge is -2.37. The number of aliphatic carboxylic acids is 2. The van der Waals surface area contributed by atoms with Gasteiger partial charge in [-0.05, 0) is 24.8 Å². The fourth-order valence-corrected chi connectivity index (χ4v) is 3.93. The van der Waals surface area contributed by atoms with E-state index >= 15 is 0 Å². The first-order valence-corrected chi connectivity index (χ1v) is 8.16. The van der Waals surface area contributed by atoms with Crippen molar-refractivity contribution < 1.29 is 24.6 Å². The lowest BCUT2D eigenvalue weighted by Crippen LogP contribution is -2.42. The van der Waals surface area contributed by atoms with Crippen LogP contribution >= 0.6 is 0 Å². The number of allylic oxidation sites excluding steroid dienone is 2. The SMILES string of the molecule is CC1=NC2=C(C(=O)C(C(=O)O)C(C)C2)C(c2ccccc2)C1C(=O)O. The van der Waals surface area contributed by atoms with E-state index in [1.165, 1.54) is 0 Å². The molecule has 1 aliphatic heterocycles. The average molecular weight is 341 g/mol. The Morgan fingerprint density at radius 1 is 1.08 bits per heavy atom. The normalized spacial score (nSPS) is 29.0. The Labute approximate surface area is 144 Å². The van der Waals surface area contributed by atoms with Gasteiger partial charge in [0, 0.05) is 22.9 Å². The molecule has 0 fully saturated rings. The summed E-state index contributed by atoms with van der Waals surface area (Å²) in [7, 11) is 0. The van der Waals surface area contributed by atoms with Gasteiger partial charge in [-0.3, -0.25) is 19.4 Å². The molecule has 4 atom stereocenters. The van der Waals surface area contributed by atoms with Crippen molar-refractivity contribution in [2.45, 2.75) is 26.2 Å². The van der Waals surface area contributed by atoms with Gasteiger partial charge >= 0.3 is 11.9 Å². The molecular formula is C19H19NO5. The topological polar surface area (TPSA) is 104 Å². The number of Topliss-reactive ketones (excluding diaryl/α,β-unsaturated/α-hetero) is 1. The van der Waals surface area contributed by atoms with Gasteiger partial charge in [-0.2, -0.15) is 0 Å². The van der Waals surface area contributed by atoms with Crippen molar-refractivity contribution >= 4 is 23.4 Å². The number of carbonyl (C=O) groups is 3. The summed E-state index contributed by atoms with van der Waals surface area (Å²) in [6.07, 6.45) is 0.352. The summed E-state index contributed by atoms with van der Waals surface area (Å²) in [4.78, 5) is 40.8. The van der Waals surface area contributed by atoms with Crippen molar-refractivity contribution in [3.05, 3.63) is 47.2 Å². The minimum absolute atomic E-state index is 0.245. The number of aliphatic imine (C=N–C) groups is 1. The highest BCUT2D eigenvalue weighted by Gasteiger charge is 2.48. The molecule has 3 rings (SSSR count). The fraction of sp³-hybridized carbons (Fsp3) is 0.368. The van der Waals surface area contributed by atoms with E-state index < -0.39 is 35.5 Å². The van der Waals surface area contributed by atoms with Crippen molar-refractivity contribution in [3.63, 3.8) is 0 Å². The fourth-order valence-electron chi connectivity index (χ4n) is 3.93. The van der Waals surface area contributed by atoms with Crippen molar-refractivity contribution in [3.8, 4) is 0 Å². The van der Waals surface area contributed by atoms with E-state index in [2.05, 4.69) is 4.99 Å². The molecule has 1 heterocycles. The van der Waals surface area contributed by atoms with E-state index in [0.717, 1.165) is 0 Å². The van der Waals surface area contributed by atoms with Crippen molar-refractivity contribution in [2.75, 3.05) is 0 Å². The van der Waals surface area contributed by atoms with E-state index in [1.807, 2.05) is 6.07 Å². The summed E-state index contributed by atoms with van der Waals surface area (Å²) in [5.74, 6) is -5.99. The smallest absolute Gasteiger partial charge is 0.314 e. The summed E-state index contributed by atoms with van der Waals surface area (Å²) in [5.41, 5.74) is 1.89. The zero-order valence-electron chi connectivity index (χ0n) is 14.0. The van der Waals surface area contributed by atoms with Crippen LogP contribution in [-0.2, 0) is 14.4 Å². The molecule has 130 valence electrons. The Morgan fingerprint density at radius 3 is 2.24 bits per heavy atom. The van der Waals surface area contributed by atoms with E-state index in [-0.39, 0.29) is 11.5 Å². The molecule has 2 N–H and O–H groups in total. The van der Waals surface area contributed by atoms with Crippen LogP contribution in [0.5, 0.6) is 0 Å². The third kappa shape index (κ3) is 2.77. The van der Waals surface area contributed by atoms with Crippen LogP contribution < -0.4 is 0 Å². The van der Waals surface area contributed by atoms with Gasteiger partial charge in [-0.1, -0.05) is 37.3 Å². The molecule has 0 bridgehead atoms. The lowest BCUT2D eigenvalue weighted by atomic mass is 9.67. The lowest BCUT2D eigenvalue weighted by molar-refractivity contribution is -0.147. The maximum atomic E-state index is 13.0. The summed E-state index contributed by atoms with van der Waals surface area (Å²) < 4.78 is 0. The number of carbonyl (C=O) groups excluding carboxylic acids is 1. The van der Waals surface area contributed by atoms with Gasteiger partial charge in [0.15, 0.2) is 5.78 Å². The van der Waals surface area contributed by atoms with Crippen LogP contribution in [0.25, 0.3) is 0 Å². The molecule has 1 aromatic rings. The van der Waals surface area contributed by atoms with Crippen LogP contribution in [0.1, 0.15) is 31.7 Å². The number of nitrogens with zero attached hydrogens (tertiary/aromatic N) is 1. The van der Waals surface area contributed by atoms with Crippen molar-refractivity contribution in [1.29, 1.82) is 0 Å².